The van der Waals surface area contributed by atoms with Gasteiger partial charge in [0.1, 0.15) is 0 Å². The van der Waals surface area contributed by atoms with Gasteiger partial charge in [0.25, 0.3) is 0 Å². The predicted molar refractivity (Wildman–Crippen MR) is 66.0 cm³/mol. The van der Waals surface area contributed by atoms with E-state index in [-0.39, 0.29) is 5.75 Å². The van der Waals surface area contributed by atoms with Crippen LogP contribution in [0.2, 0.25) is 0 Å². The average Bonchev–Trinajstić information content (AvgIpc) is 2.10. The summed E-state index contributed by atoms with van der Waals surface area (Å²) in [7, 11) is -1.68. The van der Waals surface area contributed by atoms with Crippen LogP contribution in [0, 0.1) is 0 Å². The van der Waals surface area contributed by atoms with E-state index in [4.69, 9.17) is 4.74 Å². The summed E-state index contributed by atoms with van der Waals surface area (Å²) in [5.41, 5.74) is -0.557. The zero-order valence-electron chi connectivity index (χ0n) is 10.7. The summed E-state index contributed by atoms with van der Waals surface area (Å²) in [6, 6.07) is 0. The molecular formula is C10H24N2O3S. The number of hydrogen-bond acceptors (Lipinski definition) is 4. The summed E-state index contributed by atoms with van der Waals surface area (Å²) >= 11 is 0. The molecule has 0 unspecified atom stereocenters. The number of methoxy groups -OCH3 is 1. The highest BCUT2D eigenvalue weighted by Gasteiger charge is 2.24. The lowest BCUT2D eigenvalue weighted by Gasteiger charge is -2.24. The van der Waals surface area contributed by atoms with Gasteiger partial charge in [-0.25, -0.2) is 13.1 Å². The van der Waals surface area contributed by atoms with Gasteiger partial charge >= 0.3 is 0 Å². The molecule has 0 aliphatic rings. The van der Waals surface area contributed by atoms with Crippen molar-refractivity contribution < 1.29 is 13.2 Å². The fourth-order valence-corrected chi connectivity index (χ4v) is 2.79. The van der Waals surface area contributed by atoms with E-state index in [9.17, 15) is 8.42 Å². The minimum absolute atomic E-state index is 0.0974. The maximum Gasteiger partial charge on any atom is 0.213 e. The Morgan fingerprint density at radius 3 is 2.38 bits per heavy atom. The molecule has 0 bridgehead atoms. The third-order valence-corrected chi connectivity index (χ3v) is 3.52. The van der Waals surface area contributed by atoms with E-state index in [1.54, 1.807) is 21.0 Å². The van der Waals surface area contributed by atoms with E-state index in [1.165, 1.54) is 0 Å². The van der Waals surface area contributed by atoms with Crippen molar-refractivity contribution in [2.45, 2.75) is 32.7 Å². The van der Waals surface area contributed by atoms with E-state index < -0.39 is 15.6 Å². The fourth-order valence-electron chi connectivity index (χ4n) is 1.37. The van der Waals surface area contributed by atoms with Crippen molar-refractivity contribution in [1.82, 2.24) is 10.0 Å². The monoisotopic (exact) mass is 252 g/mol. The Bertz CT molecular complexity index is 276. The molecule has 0 rings (SSSR count). The first-order valence-corrected chi connectivity index (χ1v) is 7.19. The molecule has 0 saturated carbocycles. The fraction of sp³-hybridized carbons (Fsp3) is 1.00. The number of sulfonamides is 1. The van der Waals surface area contributed by atoms with Crippen LogP contribution in [0.3, 0.4) is 0 Å². The van der Waals surface area contributed by atoms with Crippen LogP contribution in [0.1, 0.15) is 27.2 Å². The molecule has 2 N–H and O–H groups in total. The van der Waals surface area contributed by atoms with Crippen molar-refractivity contribution in [2.24, 2.45) is 0 Å². The number of rotatable bonds is 9. The Morgan fingerprint density at radius 1 is 1.25 bits per heavy atom. The summed E-state index contributed by atoms with van der Waals surface area (Å²) in [6.45, 7) is 7.32. The smallest absolute Gasteiger partial charge is 0.213 e. The van der Waals surface area contributed by atoms with E-state index in [2.05, 4.69) is 10.0 Å². The first-order valence-electron chi connectivity index (χ1n) is 5.54. The van der Waals surface area contributed by atoms with Gasteiger partial charge in [0.2, 0.25) is 10.0 Å². The maximum atomic E-state index is 11.7. The Labute approximate surface area is 99.0 Å². The Hall–Kier alpha value is -0.170. The standard InChI is InChI=1S/C10H24N2O3S/c1-5-6-11-7-8-16(13,14)12-10(2,3)9-15-4/h11-12H,5-9H2,1-4H3. The van der Waals surface area contributed by atoms with E-state index in [1.807, 2.05) is 6.92 Å². The Balaban J connectivity index is 4.04. The molecule has 0 aliphatic carbocycles. The average molecular weight is 252 g/mol. The summed E-state index contributed by atoms with van der Waals surface area (Å²) in [5, 5.41) is 3.06. The molecule has 0 aromatic heterocycles. The van der Waals surface area contributed by atoms with Gasteiger partial charge in [-0.1, -0.05) is 6.92 Å². The minimum Gasteiger partial charge on any atom is -0.383 e. The van der Waals surface area contributed by atoms with Gasteiger partial charge in [0.15, 0.2) is 0 Å². The quantitative estimate of drug-likeness (QED) is 0.580. The highest BCUT2D eigenvalue weighted by Crippen LogP contribution is 2.04. The van der Waals surface area contributed by atoms with Gasteiger partial charge in [0.05, 0.1) is 17.9 Å². The molecular weight excluding hydrogens is 228 g/mol. The lowest BCUT2D eigenvalue weighted by atomic mass is 10.1. The third-order valence-electron chi connectivity index (χ3n) is 1.91. The van der Waals surface area contributed by atoms with Crippen LogP contribution in [-0.2, 0) is 14.8 Å². The first kappa shape index (κ1) is 15.8. The maximum absolute atomic E-state index is 11.7. The predicted octanol–water partition coefficient (Wildman–Crippen LogP) is 0.330. The Kier molecular flexibility index (Phi) is 7.14. The van der Waals surface area contributed by atoms with Crippen molar-refractivity contribution in [3.8, 4) is 0 Å². The topological polar surface area (TPSA) is 67.4 Å². The van der Waals surface area contributed by atoms with Gasteiger partial charge in [-0.3, -0.25) is 0 Å². The molecule has 0 aliphatic heterocycles. The second-order valence-corrected chi connectivity index (χ2v) is 6.33. The molecule has 0 amide bonds. The van der Waals surface area contributed by atoms with Crippen LogP contribution in [0.25, 0.3) is 0 Å². The second-order valence-electron chi connectivity index (χ2n) is 4.49. The van der Waals surface area contributed by atoms with Crippen molar-refractivity contribution in [3.63, 3.8) is 0 Å². The minimum atomic E-state index is -3.23. The molecule has 0 aromatic rings. The number of hydrogen-bond donors (Lipinski definition) is 2. The van der Waals surface area contributed by atoms with Crippen LogP contribution in [0.4, 0.5) is 0 Å². The van der Waals surface area contributed by atoms with Gasteiger partial charge in [-0.2, -0.15) is 0 Å². The van der Waals surface area contributed by atoms with Gasteiger partial charge in [-0.05, 0) is 26.8 Å². The summed E-state index contributed by atoms with van der Waals surface area (Å²) in [6.07, 6.45) is 1.00. The molecule has 0 atom stereocenters. The molecule has 0 fully saturated rings. The SMILES string of the molecule is CCCNCCS(=O)(=O)NC(C)(C)COC. The summed E-state index contributed by atoms with van der Waals surface area (Å²) < 4.78 is 30.9. The normalized spacial score (nSPS) is 13.0. The van der Waals surface area contributed by atoms with E-state index in [0.717, 1.165) is 13.0 Å². The van der Waals surface area contributed by atoms with Crippen LogP contribution in [0.5, 0.6) is 0 Å². The third kappa shape index (κ3) is 8.04. The zero-order chi connectivity index (χ0) is 12.7. The largest absolute Gasteiger partial charge is 0.383 e. The van der Waals surface area contributed by atoms with Gasteiger partial charge < -0.3 is 10.1 Å². The van der Waals surface area contributed by atoms with Crippen molar-refractivity contribution in [3.05, 3.63) is 0 Å². The van der Waals surface area contributed by atoms with Gasteiger partial charge in [0, 0.05) is 13.7 Å². The van der Waals surface area contributed by atoms with Crippen LogP contribution in [-0.4, -0.2) is 46.5 Å². The van der Waals surface area contributed by atoms with Crippen molar-refractivity contribution >= 4 is 10.0 Å². The molecule has 6 heteroatoms. The molecule has 0 radical (unpaired) electrons. The zero-order valence-corrected chi connectivity index (χ0v) is 11.5. The molecule has 0 spiro atoms. The molecule has 16 heavy (non-hydrogen) atoms. The lowest BCUT2D eigenvalue weighted by molar-refractivity contribution is 0.141. The molecule has 0 saturated heterocycles. The molecule has 0 aromatic carbocycles. The molecule has 0 heterocycles. The Morgan fingerprint density at radius 2 is 1.88 bits per heavy atom. The van der Waals surface area contributed by atoms with Crippen LogP contribution in [0.15, 0.2) is 0 Å². The van der Waals surface area contributed by atoms with Crippen molar-refractivity contribution in [2.75, 3.05) is 32.6 Å². The lowest BCUT2D eigenvalue weighted by Crippen LogP contribution is -2.48. The first-order chi connectivity index (χ1) is 7.33. The molecule has 98 valence electrons. The van der Waals surface area contributed by atoms with E-state index >= 15 is 0 Å². The highest BCUT2D eigenvalue weighted by molar-refractivity contribution is 7.89. The van der Waals surface area contributed by atoms with E-state index in [0.29, 0.717) is 13.2 Å². The van der Waals surface area contributed by atoms with Crippen molar-refractivity contribution in [1.29, 1.82) is 0 Å². The van der Waals surface area contributed by atoms with Crippen LogP contribution < -0.4 is 10.0 Å². The summed E-state index contributed by atoms with van der Waals surface area (Å²) in [5.74, 6) is 0.0974. The summed E-state index contributed by atoms with van der Waals surface area (Å²) in [4.78, 5) is 0. The second kappa shape index (κ2) is 7.21. The number of nitrogens with one attached hydrogen (secondary N) is 2. The molecule has 5 nitrogen and oxygen atoms in total. The highest BCUT2D eigenvalue weighted by atomic mass is 32.2. The van der Waals surface area contributed by atoms with Gasteiger partial charge in [-0.15, -0.1) is 0 Å². The number of ether oxygens (including phenoxy) is 1. The van der Waals surface area contributed by atoms with Crippen LogP contribution >= 0.6 is 0 Å².